The summed E-state index contributed by atoms with van der Waals surface area (Å²) in [7, 11) is 1.65. The van der Waals surface area contributed by atoms with Gasteiger partial charge in [0.15, 0.2) is 0 Å². The molecule has 0 radical (unpaired) electrons. The van der Waals surface area contributed by atoms with E-state index in [0.717, 1.165) is 30.5 Å². The molecule has 0 aliphatic carbocycles. The first-order valence-electron chi connectivity index (χ1n) is 6.35. The number of ether oxygens (including phenoxy) is 1. The molecule has 0 spiro atoms. The molecule has 1 heterocycles. The molecule has 2 N–H and O–H groups in total. The van der Waals surface area contributed by atoms with Crippen LogP contribution in [0.4, 0.5) is 0 Å². The van der Waals surface area contributed by atoms with E-state index in [4.69, 9.17) is 10.5 Å². The van der Waals surface area contributed by atoms with Crippen molar-refractivity contribution in [2.75, 3.05) is 20.2 Å². The molecule has 1 saturated heterocycles. The number of hydrogen-bond acceptors (Lipinski definition) is 3. The first-order chi connectivity index (χ1) is 8.76. The lowest BCUT2D eigenvalue weighted by molar-refractivity contribution is 0.0741. The van der Waals surface area contributed by atoms with E-state index in [-0.39, 0.29) is 11.9 Å². The van der Waals surface area contributed by atoms with Gasteiger partial charge in [0.1, 0.15) is 0 Å². The maximum Gasteiger partial charge on any atom is 0.254 e. The van der Waals surface area contributed by atoms with Crippen molar-refractivity contribution >= 4 is 5.91 Å². The number of methoxy groups -OCH3 is 1. The first-order valence-corrected chi connectivity index (χ1v) is 6.35. The quantitative estimate of drug-likeness (QED) is 0.876. The van der Waals surface area contributed by atoms with Gasteiger partial charge in [-0.3, -0.25) is 4.79 Å². The Bertz CT molecular complexity index is 420. The van der Waals surface area contributed by atoms with Gasteiger partial charge in [0, 0.05) is 31.8 Å². The van der Waals surface area contributed by atoms with Crippen molar-refractivity contribution in [1.82, 2.24) is 4.90 Å². The zero-order chi connectivity index (χ0) is 13.0. The third-order valence-electron chi connectivity index (χ3n) is 3.40. The molecule has 0 bridgehead atoms. The number of nitrogens with zero attached hydrogens (tertiary/aromatic N) is 1. The van der Waals surface area contributed by atoms with E-state index < -0.39 is 0 Å². The molecule has 18 heavy (non-hydrogen) atoms. The average molecular weight is 248 g/mol. The molecule has 0 saturated carbocycles. The van der Waals surface area contributed by atoms with Crippen LogP contribution in [0.15, 0.2) is 24.3 Å². The molecule has 98 valence electrons. The van der Waals surface area contributed by atoms with Crippen LogP contribution < -0.4 is 5.73 Å². The molecule has 1 amide bonds. The van der Waals surface area contributed by atoms with Gasteiger partial charge in [0.2, 0.25) is 0 Å². The van der Waals surface area contributed by atoms with Crippen LogP contribution in [0.25, 0.3) is 0 Å². The number of carbonyl (C=O) groups excluding carboxylic acids is 1. The van der Waals surface area contributed by atoms with Crippen molar-refractivity contribution in [1.29, 1.82) is 0 Å². The van der Waals surface area contributed by atoms with Crippen LogP contribution in [-0.2, 0) is 11.3 Å². The Labute approximate surface area is 108 Å². The van der Waals surface area contributed by atoms with Crippen LogP contribution >= 0.6 is 0 Å². The van der Waals surface area contributed by atoms with Crippen LogP contribution in [-0.4, -0.2) is 37.0 Å². The molecular formula is C14H20N2O2. The second-order valence-electron chi connectivity index (χ2n) is 4.66. The molecule has 1 unspecified atom stereocenters. The predicted octanol–water partition coefficient (Wildman–Crippen LogP) is 1.40. The van der Waals surface area contributed by atoms with Crippen LogP contribution in [0.1, 0.15) is 28.8 Å². The highest BCUT2D eigenvalue weighted by Crippen LogP contribution is 2.19. The Morgan fingerprint density at radius 1 is 1.56 bits per heavy atom. The molecule has 1 fully saturated rings. The van der Waals surface area contributed by atoms with E-state index in [0.29, 0.717) is 13.2 Å². The number of nitrogens with two attached hydrogens (primary N) is 1. The van der Waals surface area contributed by atoms with Gasteiger partial charge >= 0.3 is 0 Å². The SMILES string of the molecule is COCc1cccc(C(=O)N2CCCC2CN)c1. The largest absolute Gasteiger partial charge is 0.380 e. The van der Waals surface area contributed by atoms with Crippen molar-refractivity contribution in [2.24, 2.45) is 5.73 Å². The summed E-state index contributed by atoms with van der Waals surface area (Å²) in [5.41, 5.74) is 7.45. The van der Waals surface area contributed by atoms with Crippen molar-refractivity contribution in [3.63, 3.8) is 0 Å². The Morgan fingerprint density at radius 2 is 2.39 bits per heavy atom. The minimum Gasteiger partial charge on any atom is -0.380 e. The summed E-state index contributed by atoms with van der Waals surface area (Å²) < 4.78 is 5.09. The average Bonchev–Trinajstić information content (AvgIpc) is 2.87. The second kappa shape index (κ2) is 5.98. The number of benzene rings is 1. The number of carbonyl (C=O) groups is 1. The third kappa shape index (κ3) is 2.71. The van der Waals surface area contributed by atoms with Gasteiger partial charge in [-0.1, -0.05) is 12.1 Å². The minimum atomic E-state index is 0.0842. The molecule has 4 nitrogen and oxygen atoms in total. The van der Waals surface area contributed by atoms with Gasteiger partial charge in [0.25, 0.3) is 5.91 Å². The minimum absolute atomic E-state index is 0.0842. The summed E-state index contributed by atoms with van der Waals surface area (Å²) in [5.74, 6) is 0.0842. The van der Waals surface area contributed by atoms with Crippen molar-refractivity contribution in [2.45, 2.75) is 25.5 Å². The zero-order valence-corrected chi connectivity index (χ0v) is 10.8. The van der Waals surface area contributed by atoms with E-state index in [1.54, 1.807) is 7.11 Å². The molecule has 1 aliphatic rings. The van der Waals surface area contributed by atoms with Gasteiger partial charge < -0.3 is 15.4 Å². The van der Waals surface area contributed by atoms with Gasteiger partial charge in [-0.05, 0) is 30.5 Å². The highest BCUT2D eigenvalue weighted by Gasteiger charge is 2.28. The van der Waals surface area contributed by atoms with E-state index in [1.165, 1.54) is 0 Å². The maximum atomic E-state index is 12.4. The van der Waals surface area contributed by atoms with Crippen LogP contribution in [0.2, 0.25) is 0 Å². The summed E-state index contributed by atoms with van der Waals surface area (Å²) in [4.78, 5) is 14.3. The van der Waals surface area contributed by atoms with Gasteiger partial charge in [0.05, 0.1) is 6.61 Å². The fourth-order valence-electron chi connectivity index (χ4n) is 2.47. The first kappa shape index (κ1) is 13.1. The fourth-order valence-corrected chi connectivity index (χ4v) is 2.47. The summed E-state index contributed by atoms with van der Waals surface area (Å²) in [5, 5.41) is 0. The van der Waals surface area contributed by atoms with Gasteiger partial charge in [-0.15, -0.1) is 0 Å². The van der Waals surface area contributed by atoms with Gasteiger partial charge in [-0.2, -0.15) is 0 Å². The van der Waals surface area contributed by atoms with E-state index in [9.17, 15) is 4.79 Å². The Morgan fingerprint density at radius 3 is 3.11 bits per heavy atom. The number of hydrogen-bond donors (Lipinski definition) is 1. The molecule has 4 heteroatoms. The smallest absolute Gasteiger partial charge is 0.254 e. The van der Waals surface area contributed by atoms with E-state index in [2.05, 4.69) is 0 Å². The molecule has 2 rings (SSSR count). The van der Waals surface area contributed by atoms with E-state index >= 15 is 0 Å². The lowest BCUT2D eigenvalue weighted by atomic mass is 10.1. The molecule has 1 atom stereocenters. The molecular weight excluding hydrogens is 228 g/mol. The lowest BCUT2D eigenvalue weighted by Gasteiger charge is -2.23. The zero-order valence-electron chi connectivity index (χ0n) is 10.8. The van der Waals surface area contributed by atoms with Crippen LogP contribution in [0, 0.1) is 0 Å². The van der Waals surface area contributed by atoms with Gasteiger partial charge in [-0.25, -0.2) is 0 Å². The topological polar surface area (TPSA) is 55.6 Å². The summed E-state index contributed by atoms with van der Waals surface area (Å²) in [6, 6.07) is 7.81. The van der Waals surface area contributed by atoms with Crippen LogP contribution in [0.5, 0.6) is 0 Å². The summed E-state index contributed by atoms with van der Waals surface area (Å²) in [6.07, 6.45) is 2.06. The Kier molecular flexibility index (Phi) is 4.33. The van der Waals surface area contributed by atoms with Crippen LogP contribution in [0.3, 0.4) is 0 Å². The monoisotopic (exact) mass is 248 g/mol. The summed E-state index contributed by atoms with van der Waals surface area (Å²) in [6.45, 7) is 1.89. The summed E-state index contributed by atoms with van der Waals surface area (Å²) >= 11 is 0. The lowest BCUT2D eigenvalue weighted by Crippen LogP contribution is -2.39. The van der Waals surface area contributed by atoms with Crippen molar-refractivity contribution in [3.8, 4) is 0 Å². The Balaban J connectivity index is 2.15. The van der Waals surface area contributed by atoms with Crippen molar-refractivity contribution in [3.05, 3.63) is 35.4 Å². The predicted molar refractivity (Wildman–Crippen MR) is 70.3 cm³/mol. The highest BCUT2D eigenvalue weighted by molar-refractivity contribution is 5.94. The molecule has 1 aromatic rings. The number of likely N-dealkylation sites (tertiary alicyclic amines) is 1. The number of rotatable bonds is 4. The molecule has 0 aromatic heterocycles. The van der Waals surface area contributed by atoms with E-state index in [1.807, 2.05) is 29.2 Å². The maximum absolute atomic E-state index is 12.4. The molecule has 1 aliphatic heterocycles. The normalized spacial score (nSPS) is 19.2. The Hall–Kier alpha value is -1.39. The standard InChI is InChI=1S/C14H20N2O2/c1-18-10-11-4-2-5-12(8-11)14(17)16-7-3-6-13(16)9-15/h2,4-5,8,13H,3,6-7,9-10,15H2,1H3. The molecule has 1 aromatic carbocycles. The highest BCUT2D eigenvalue weighted by atomic mass is 16.5. The third-order valence-corrected chi connectivity index (χ3v) is 3.40. The number of amides is 1. The van der Waals surface area contributed by atoms with Crippen molar-refractivity contribution < 1.29 is 9.53 Å². The second-order valence-corrected chi connectivity index (χ2v) is 4.66. The fraction of sp³-hybridized carbons (Fsp3) is 0.500.